The van der Waals surface area contributed by atoms with Gasteiger partial charge in [0, 0.05) is 32.1 Å². The molecule has 0 aliphatic carbocycles. The molecule has 2 aliphatic heterocycles. The summed E-state index contributed by atoms with van der Waals surface area (Å²) in [5, 5.41) is 3.64. The molecule has 0 aromatic heterocycles. The van der Waals surface area contributed by atoms with E-state index in [0.29, 0.717) is 25.0 Å². The number of hydrogen-bond donors (Lipinski definition) is 1. The average Bonchev–Trinajstić information content (AvgIpc) is 2.99. The van der Waals surface area contributed by atoms with Crippen LogP contribution >= 0.6 is 0 Å². The zero-order valence-electron chi connectivity index (χ0n) is 13.9. The van der Waals surface area contributed by atoms with Crippen molar-refractivity contribution in [2.75, 3.05) is 26.0 Å². The van der Waals surface area contributed by atoms with Crippen molar-refractivity contribution < 1.29 is 13.2 Å². The summed E-state index contributed by atoms with van der Waals surface area (Å²) in [6, 6.07) is 6.77. The van der Waals surface area contributed by atoms with Gasteiger partial charge in [-0.1, -0.05) is 25.5 Å². The third-order valence-electron chi connectivity index (χ3n) is 5.01. The Morgan fingerprint density at radius 1 is 1.39 bits per heavy atom. The van der Waals surface area contributed by atoms with Gasteiger partial charge >= 0.3 is 0 Å². The zero-order valence-corrected chi connectivity index (χ0v) is 14.7. The predicted octanol–water partition coefficient (Wildman–Crippen LogP) is 1.77. The van der Waals surface area contributed by atoms with Gasteiger partial charge in [-0.2, -0.15) is 0 Å². The van der Waals surface area contributed by atoms with Gasteiger partial charge in [-0.3, -0.25) is 0 Å². The van der Waals surface area contributed by atoms with Gasteiger partial charge in [0.05, 0.1) is 12.9 Å². The Morgan fingerprint density at radius 3 is 2.96 bits per heavy atom. The second-order valence-electron chi connectivity index (χ2n) is 6.61. The second kappa shape index (κ2) is 6.79. The Labute approximate surface area is 139 Å². The molecule has 0 saturated carbocycles. The number of hydrogen-bond acceptors (Lipinski definition) is 4. The maximum Gasteiger partial charge on any atom is 0.211 e. The quantitative estimate of drug-likeness (QED) is 0.889. The van der Waals surface area contributed by atoms with Crippen molar-refractivity contribution in [1.29, 1.82) is 0 Å². The van der Waals surface area contributed by atoms with Crippen LogP contribution in [0, 0.1) is 5.92 Å². The van der Waals surface area contributed by atoms with E-state index in [1.807, 2.05) is 0 Å². The highest BCUT2D eigenvalue weighted by atomic mass is 32.2. The van der Waals surface area contributed by atoms with E-state index in [1.165, 1.54) is 17.4 Å². The van der Waals surface area contributed by atoms with Gasteiger partial charge in [0.2, 0.25) is 10.0 Å². The lowest BCUT2D eigenvalue weighted by molar-refractivity contribution is 0.202. The van der Waals surface area contributed by atoms with E-state index in [9.17, 15) is 8.42 Å². The summed E-state index contributed by atoms with van der Waals surface area (Å²) in [6.45, 7) is 5.00. The molecule has 23 heavy (non-hydrogen) atoms. The van der Waals surface area contributed by atoms with Gasteiger partial charge in [-0.25, -0.2) is 12.7 Å². The van der Waals surface area contributed by atoms with Crippen LogP contribution in [0.4, 0.5) is 0 Å². The minimum atomic E-state index is -3.07. The van der Waals surface area contributed by atoms with Crippen LogP contribution in [-0.4, -0.2) is 44.7 Å². The summed E-state index contributed by atoms with van der Waals surface area (Å²) >= 11 is 0. The Morgan fingerprint density at radius 2 is 2.22 bits per heavy atom. The van der Waals surface area contributed by atoms with Crippen LogP contribution in [-0.2, 0) is 23.0 Å². The first-order valence-electron chi connectivity index (χ1n) is 8.40. The molecule has 6 heteroatoms. The summed E-state index contributed by atoms with van der Waals surface area (Å²) in [6.07, 6.45) is 4.16. The zero-order chi connectivity index (χ0) is 16.4. The van der Waals surface area contributed by atoms with E-state index in [-0.39, 0.29) is 0 Å². The summed E-state index contributed by atoms with van der Waals surface area (Å²) in [5.74, 6) is 1.39. The van der Waals surface area contributed by atoms with E-state index in [0.717, 1.165) is 38.2 Å². The number of benzene rings is 1. The maximum absolute atomic E-state index is 11.7. The second-order valence-corrected chi connectivity index (χ2v) is 8.59. The highest BCUT2D eigenvalue weighted by molar-refractivity contribution is 7.88. The molecule has 0 spiro atoms. The summed E-state index contributed by atoms with van der Waals surface area (Å²) < 4.78 is 30.6. The van der Waals surface area contributed by atoms with Crippen LogP contribution in [0.25, 0.3) is 0 Å². The van der Waals surface area contributed by atoms with Gasteiger partial charge in [-0.15, -0.1) is 0 Å². The lowest BCUT2D eigenvalue weighted by Crippen LogP contribution is -2.50. The van der Waals surface area contributed by atoms with Crippen molar-refractivity contribution in [3.05, 3.63) is 29.3 Å². The topological polar surface area (TPSA) is 58.6 Å². The third-order valence-corrected chi connectivity index (χ3v) is 6.28. The molecule has 0 amide bonds. The van der Waals surface area contributed by atoms with E-state index < -0.39 is 10.0 Å². The molecule has 128 valence electrons. The van der Waals surface area contributed by atoms with Crippen LogP contribution in [0.2, 0.25) is 0 Å². The van der Waals surface area contributed by atoms with Crippen molar-refractivity contribution in [3.63, 3.8) is 0 Å². The lowest BCUT2D eigenvalue weighted by atomic mass is 9.91. The van der Waals surface area contributed by atoms with E-state index >= 15 is 0 Å². The van der Waals surface area contributed by atoms with Crippen LogP contribution in [0.15, 0.2) is 18.2 Å². The molecule has 0 unspecified atom stereocenters. The number of ether oxygens (including phenoxy) is 1. The molecular formula is C17H26N2O3S. The largest absolute Gasteiger partial charge is 0.493 e. The van der Waals surface area contributed by atoms with Crippen molar-refractivity contribution >= 4 is 10.0 Å². The molecule has 2 heterocycles. The molecule has 5 nitrogen and oxygen atoms in total. The Hall–Kier alpha value is -1.11. The lowest BCUT2D eigenvalue weighted by Gasteiger charge is -2.37. The van der Waals surface area contributed by atoms with Crippen LogP contribution in [0.1, 0.15) is 30.9 Å². The highest BCUT2D eigenvalue weighted by Crippen LogP contribution is 2.26. The summed E-state index contributed by atoms with van der Waals surface area (Å²) in [4.78, 5) is 0. The van der Waals surface area contributed by atoms with Gasteiger partial charge in [0.1, 0.15) is 5.75 Å². The van der Waals surface area contributed by atoms with Gasteiger partial charge in [-0.05, 0) is 29.5 Å². The fourth-order valence-electron chi connectivity index (χ4n) is 3.58. The first-order valence-corrected chi connectivity index (χ1v) is 10.3. The normalized spacial score (nSPS) is 25.1. The summed E-state index contributed by atoms with van der Waals surface area (Å²) in [5.41, 5.74) is 2.57. The first kappa shape index (κ1) is 16.7. The molecular weight excluding hydrogens is 312 g/mol. The fourth-order valence-corrected chi connectivity index (χ4v) is 4.48. The Bertz CT molecular complexity index is 660. The monoisotopic (exact) mass is 338 g/mol. The summed E-state index contributed by atoms with van der Waals surface area (Å²) in [7, 11) is -3.07. The predicted molar refractivity (Wildman–Crippen MR) is 91.1 cm³/mol. The van der Waals surface area contributed by atoms with E-state index in [1.54, 1.807) is 4.31 Å². The molecule has 1 aromatic rings. The number of nitrogens with one attached hydrogen (secondary N) is 1. The number of sulfonamides is 1. The van der Waals surface area contributed by atoms with Crippen LogP contribution in [0.5, 0.6) is 5.75 Å². The number of fused-ring (bicyclic) bond motifs is 1. The van der Waals surface area contributed by atoms with Crippen LogP contribution < -0.4 is 10.1 Å². The van der Waals surface area contributed by atoms with E-state index in [2.05, 4.69) is 30.4 Å². The molecule has 1 aromatic carbocycles. The van der Waals surface area contributed by atoms with E-state index in [4.69, 9.17) is 4.74 Å². The highest BCUT2D eigenvalue weighted by Gasteiger charge is 2.31. The van der Waals surface area contributed by atoms with Gasteiger partial charge in [0.15, 0.2) is 0 Å². The third kappa shape index (κ3) is 3.87. The van der Waals surface area contributed by atoms with Gasteiger partial charge in [0.25, 0.3) is 0 Å². The minimum Gasteiger partial charge on any atom is -0.493 e. The smallest absolute Gasteiger partial charge is 0.211 e. The standard InChI is InChI=1S/C17H26N2O3S/c1-3-14-12-19(23(2,20)21)8-6-16(14)18-11-13-4-5-17-15(10-13)7-9-22-17/h4-5,10,14,16,18H,3,6-9,11-12H2,1-2H3/t14-,16-/m1/s1. The minimum absolute atomic E-state index is 0.372. The van der Waals surface area contributed by atoms with Crippen molar-refractivity contribution in [3.8, 4) is 5.75 Å². The molecule has 2 aliphatic rings. The molecule has 3 rings (SSSR count). The Kier molecular flexibility index (Phi) is 4.94. The van der Waals surface area contributed by atoms with Crippen LogP contribution in [0.3, 0.4) is 0 Å². The van der Waals surface area contributed by atoms with Crippen molar-refractivity contribution in [1.82, 2.24) is 9.62 Å². The maximum atomic E-state index is 11.7. The van der Waals surface area contributed by atoms with Gasteiger partial charge < -0.3 is 10.1 Å². The van der Waals surface area contributed by atoms with Crippen molar-refractivity contribution in [2.24, 2.45) is 5.92 Å². The molecule has 2 atom stereocenters. The molecule has 1 fully saturated rings. The number of piperidine rings is 1. The molecule has 1 N–H and O–H groups in total. The SMILES string of the molecule is CC[C@@H]1CN(S(C)(=O)=O)CC[C@H]1NCc1ccc2c(c1)CCO2. The number of rotatable bonds is 5. The van der Waals surface area contributed by atoms with Crippen molar-refractivity contribution in [2.45, 2.75) is 38.8 Å². The number of nitrogens with zero attached hydrogens (tertiary/aromatic N) is 1. The molecule has 1 saturated heterocycles. The first-order chi connectivity index (χ1) is 11.0. The fraction of sp³-hybridized carbons (Fsp3) is 0.647. The molecule has 0 bridgehead atoms. The molecule has 0 radical (unpaired) electrons. The Balaban J connectivity index is 1.59. The average molecular weight is 338 g/mol.